The summed E-state index contributed by atoms with van der Waals surface area (Å²) in [4.78, 5) is 39.8. The van der Waals surface area contributed by atoms with Crippen LogP contribution < -0.4 is 21.5 Å². The van der Waals surface area contributed by atoms with E-state index in [1.54, 1.807) is 31.4 Å². The van der Waals surface area contributed by atoms with Crippen molar-refractivity contribution in [3.05, 3.63) is 64.6 Å². The summed E-state index contributed by atoms with van der Waals surface area (Å²) in [6, 6.07) is 9.92. The van der Waals surface area contributed by atoms with Gasteiger partial charge in [-0.05, 0) is 47.8 Å². The number of nitrogens with zero attached hydrogens (tertiary/aromatic N) is 2. The summed E-state index contributed by atoms with van der Waals surface area (Å²) in [5.74, 6) is -0.470. The summed E-state index contributed by atoms with van der Waals surface area (Å²) < 4.78 is 14.5. The molecular weight excluding hydrogens is 458 g/mol. The number of aromatic nitrogens is 1. The molecule has 0 fully saturated rings. The van der Waals surface area contributed by atoms with Crippen LogP contribution >= 0.6 is 11.5 Å². The molecule has 3 rings (SSSR count). The van der Waals surface area contributed by atoms with E-state index in [1.165, 1.54) is 11.2 Å². The molecule has 2 heterocycles. The number of amides is 3. The van der Waals surface area contributed by atoms with Crippen molar-refractivity contribution < 1.29 is 23.5 Å². The van der Waals surface area contributed by atoms with E-state index in [9.17, 15) is 14.4 Å². The average Bonchev–Trinajstić information content (AvgIpc) is 3.49. The molecule has 0 aliphatic carbocycles. The van der Waals surface area contributed by atoms with Crippen LogP contribution in [0.25, 0.3) is 0 Å². The van der Waals surface area contributed by atoms with Crippen molar-refractivity contribution in [2.24, 2.45) is 5.73 Å². The van der Waals surface area contributed by atoms with Crippen LogP contribution in [0.15, 0.2) is 47.1 Å². The maximum absolute atomic E-state index is 13.5. The summed E-state index contributed by atoms with van der Waals surface area (Å²) in [7, 11) is 1.58. The largest absolute Gasteiger partial charge is 0.497 e. The van der Waals surface area contributed by atoms with Crippen LogP contribution in [0.2, 0.25) is 0 Å². The first-order valence-electron chi connectivity index (χ1n) is 10.6. The highest BCUT2D eigenvalue weighted by Gasteiger charge is 2.33. The molecule has 1 atom stereocenters. The lowest BCUT2D eigenvalue weighted by atomic mass is 10.1. The van der Waals surface area contributed by atoms with Crippen molar-refractivity contribution in [3.63, 3.8) is 0 Å². The van der Waals surface area contributed by atoms with Gasteiger partial charge in [0.15, 0.2) is 5.69 Å². The summed E-state index contributed by atoms with van der Waals surface area (Å²) >= 11 is 0.773. The van der Waals surface area contributed by atoms with Gasteiger partial charge in [-0.15, -0.1) is 0 Å². The molecule has 3 aromatic rings. The molecule has 11 heteroatoms. The number of hydrogen-bond donors (Lipinski definition) is 3. The third kappa shape index (κ3) is 5.73. The molecule has 2 aromatic heterocycles. The van der Waals surface area contributed by atoms with Crippen LogP contribution in [0.3, 0.4) is 0 Å². The number of carbonyl (C=O) groups excluding carboxylic acids is 3. The molecule has 0 unspecified atom stereocenters. The van der Waals surface area contributed by atoms with Gasteiger partial charge < -0.3 is 30.8 Å². The number of nitrogens with two attached hydrogens (primary N) is 2. The third-order valence-corrected chi connectivity index (χ3v) is 6.04. The minimum absolute atomic E-state index is 0.0374. The second kappa shape index (κ2) is 11.3. The van der Waals surface area contributed by atoms with Crippen molar-refractivity contribution in [1.29, 1.82) is 0 Å². The normalized spacial score (nSPS) is 11.6. The minimum atomic E-state index is -0.826. The van der Waals surface area contributed by atoms with Gasteiger partial charge in [-0.3, -0.25) is 14.4 Å². The van der Waals surface area contributed by atoms with Gasteiger partial charge in [0.2, 0.25) is 5.91 Å². The van der Waals surface area contributed by atoms with E-state index >= 15 is 0 Å². The van der Waals surface area contributed by atoms with Gasteiger partial charge in [0.05, 0.1) is 25.6 Å². The number of nitrogens with one attached hydrogen (secondary N) is 1. The topological polar surface area (TPSA) is 154 Å². The molecule has 10 nitrogen and oxygen atoms in total. The second-order valence-corrected chi connectivity index (χ2v) is 8.29. The van der Waals surface area contributed by atoms with Crippen LogP contribution in [0.5, 0.6) is 5.75 Å². The zero-order chi connectivity index (χ0) is 24.7. The smallest absolute Gasteiger partial charge is 0.270 e. The van der Waals surface area contributed by atoms with E-state index in [1.807, 2.05) is 19.1 Å². The first-order chi connectivity index (χ1) is 16.3. The zero-order valence-electron chi connectivity index (χ0n) is 18.9. The fraction of sp³-hybridized carbons (Fsp3) is 0.304. The number of furan rings is 1. The molecule has 34 heavy (non-hydrogen) atoms. The molecule has 0 bridgehead atoms. The molecule has 0 spiro atoms. The summed E-state index contributed by atoms with van der Waals surface area (Å²) in [6.45, 7) is 2.24. The van der Waals surface area contributed by atoms with Gasteiger partial charge in [0.1, 0.15) is 22.4 Å². The number of carbonyl (C=O) groups is 3. The first kappa shape index (κ1) is 24.8. The van der Waals surface area contributed by atoms with E-state index in [0.29, 0.717) is 24.4 Å². The summed E-state index contributed by atoms with van der Waals surface area (Å²) in [6.07, 6.45) is 2.54. The molecular formula is C23H27N5O5S. The lowest BCUT2D eigenvalue weighted by Crippen LogP contribution is -2.49. The minimum Gasteiger partial charge on any atom is -0.497 e. The molecule has 1 aromatic carbocycles. The lowest BCUT2D eigenvalue weighted by Gasteiger charge is -2.30. The maximum Gasteiger partial charge on any atom is 0.270 e. The molecule has 5 N–H and O–H groups in total. The van der Waals surface area contributed by atoms with Gasteiger partial charge in [-0.25, -0.2) is 0 Å². The van der Waals surface area contributed by atoms with Gasteiger partial charge in [-0.1, -0.05) is 25.5 Å². The van der Waals surface area contributed by atoms with Crippen LogP contribution in [-0.2, 0) is 17.9 Å². The van der Waals surface area contributed by atoms with Crippen molar-refractivity contribution in [2.75, 3.05) is 12.8 Å². The molecule has 0 saturated heterocycles. The van der Waals surface area contributed by atoms with Crippen LogP contribution in [0.1, 0.15) is 51.2 Å². The molecule has 180 valence electrons. The van der Waals surface area contributed by atoms with Crippen LogP contribution in [-0.4, -0.2) is 40.1 Å². The Balaban J connectivity index is 1.86. The Kier molecular flexibility index (Phi) is 8.25. The maximum atomic E-state index is 13.5. The van der Waals surface area contributed by atoms with Crippen molar-refractivity contribution in [2.45, 2.75) is 38.9 Å². The SMILES string of the molecule is CCC[C@@H](C(=O)NCc1ccc(OC)cc1)N(Cc1ccco1)C(=O)c1snc(C(N)=O)c1N. The van der Waals surface area contributed by atoms with Crippen molar-refractivity contribution >= 4 is 34.9 Å². The molecule has 0 aliphatic heterocycles. The highest BCUT2D eigenvalue weighted by atomic mass is 32.1. The Morgan fingerprint density at radius 3 is 2.53 bits per heavy atom. The second-order valence-electron chi connectivity index (χ2n) is 7.52. The van der Waals surface area contributed by atoms with E-state index in [-0.39, 0.29) is 35.3 Å². The third-order valence-electron chi connectivity index (χ3n) is 5.19. The molecule has 0 aliphatic rings. The first-order valence-corrected chi connectivity index (χ1v) is 11.4. The number of methoxy groups -OCH3 is 1. The number of anilines is 1. The Hall–Kier alpha value is -3.86. The molecule has 0 saturated carbocycles. The number of rotatable bonds is 11. The predicted molar refractivity (Wildman–Crippen MR) is 127 cm³/mol. The predicted octanol–water partition coefficient (Wildman–Crippen LogP) is 2.55. The number of nitrogen functional groups attached to an aromatic ring is 1. The van der Waals surface area contributed by atoms with Crippen LogP contribution in [0, 0.1) is 0 Å². The Morgan fingerprint density at radius 2 is 1.97 bits per heavy atom. The Labute approximate surface area is 201 Å². The number of primary amides is 1. The van der Waals surface area contributed by atoms with Gasteiger partial charge >= 0.3 is 0 Å². The summed E-state index contributed by atoms with van der Waals surface area (Å²) in [5, 5.41) is 2.90. The van der Waals surface area contributed by atoms with E-state index in [2.05, 4.69) is 9.69 Å². The average molecular weight is 486 g/mol. The standard InChI is InChI=1S/C23H27N5O5S/c1-3-5-17(22(30)26-12-14-7-9-15(32-2)10-8-14)28(13-16-6-4-11-33-16)23(31)20-18(24)19(21(25)29)27-34-20/h4,6-11,17H,3,5,12-13,24H2,1-2H3,(H2,25,29)(H,26,30)/t17-/m0/s1. The summed E-state index contributed by atoms with van der Waals surface area (Å²) in [5.41, 5.74) is 11.9. The number of ether oxygens (including phenoxy) is 1. The Morgan fingerprint density at radius 1 is 1.24 bits per heavy atom. The van der Waals surface area contributed by atoms with E-state index in [0.717, 1.165) is 17.1 Å². The van der Waals surface area contributed by atoms with E-state index < -0.39 is 17.9 Å². The highest BCUT2D eigenvalue weighted by molar-refractivity contribution is 7.09. The quantitative estimate of drug-likeness (QED) is 0.377. The Bertz CT molecular complexity index is 1130. The molecule has 3 amide bonds. The van der Waals surface area contributed by atoms with Crippen molar-refractivity contribution in [3.8, 4) is 5.75 Å². The fourth-order valence-corrected chi connectivity index (χ4v) is 4.17. The van der Waals surface area contributed by atoms with Gasteiger partial charge in [0, 0.05) is 6.54 Å². The fourth-order valence-electron chi connectivity index (χ4n) is 3.41. The number of hydrogen-bond acceptors (Lipinski definition) is 8. The number of benzene rings is 1. The molecule has 0 radical (unpaired) electrons. The lowest BCUT2D eigenvalue weighted by molar-refractivity contribution is -0.126. The highest BCUT2D eigenvalue weighted by Crippen LogP contribution is 2.26. The van der Waals surface area contributed by atoms with Gasteiger partial charge in [-0.2, -0.15) is 4.37 Å². The monoisotopic (exact) mass is 485 g/mol. The zero-order valence-corrected chi connectivity index (χ0v) is 19.8. The van der Waals surface area contributed by atoms with E-state index in [4.69, 9.17) is 20.6 Å². The van der Waals surface area contributed by atoms with Crippen LogP contribution in [0.4, 0.5) is 5.69 Å². The van der Waals surface area contributed by atoms with Crippen molar-refractivity contribution in [1.82, 2.24) is 14.6 Å². The van der Waals surface area contributed by atoms with Gasteiger partial charge in [0.25, 0.3) is 11.8 Å².